The smallest absolute Gasteiger partial charge is 0.164 e. The van der Waals surface area contributed by atoms with E-state index in [1.165, 1.54) is 0 Å². The Morgan fingerprint density at radius 2 is 0.779 bits per heavy atom. The monoisotopic (exact) mass is 836 g/mol. The second-order valence-electron chi connectivity index (χ2n) is 16.6. The van der Waals surface area contributed by atoms with Crippen LogP contribution in [0.25, 0.3) is 106 Å². The van der Waals surface area contributed by atoms with Gasteiger partial charge in [-0.2, -0.15) is 0 Å². The van der Waals surface area contributed by atoms with E-state index in [2.05, 4.69) is 24.3 Å². The van der Waals surface area contributed by atoms with Gasteiger partial charge in [-0.05, 0) is 58.0 Å². The van der Waals surface area contributed by atoms with Crippen LogP contribution in [0.5, 0.6) is 0 Å². The molecule has 0 aliphatic heterocycles. The average molecular weight is 834 g/mol. The number of aromatic nitrogens is 4. The third kappa shape index (κ3) is 6.59. The lowest BCUT2D eigenvalue weighted by Crippen LogP contribution is -2.56. The molecular formula is C51H20B12N4O. The molecule has 24 radical (unpaired) electrons. The summed E-state index contributed by atoms with van der Waals surface area (Å²) in [7, 11) is 80.1. The van der Waals surface area contributed by atoms with E-state index in [-0.39, 0.29) is 76.7 Å². The summed E-state index contributed by atoms with van der Waals surface area (Å²) in [6, 6.07) is 39.4. The molecule has 0 aliphatic rings. The van der Waals surface area contributed by atoms with Crippen LogP contribution in [0.3, 0.4) is 0 Å². The molecule has 3 aromatic heterocycles. The highest BCUT2D eigenvalue weighted by molar-refractivity contribution is 6.72. The minimum atomic E-state index is -0.00441. The van der Waals surface area contributed by atoms with Gasteiger partial charge in [-0.25, -0.2) is 15.0 Å². The molecule has 0 spiro atoms. The van der Waals surface area contributed by atoms with Crippen LogP contribution in [0.15, 0.2) is 126 Å². The van der Waals surface area contributed by atoms with E-state index in [9.17, 15) is 0 Å². The first-order chi connectivity index (χ1) is 32.7. The first-order valence-corrected chi connectivity index (χ1v) is 21.3. The number of furan rings is 1. The Labute approximate surface area is 408 Å². The second kappa shape index (κ2) is 16.4. The normalized spacial score (nSPS) is 11.6. The van der Waals surface area contributed by atoms with Gasteiger partial charge < -0.3 is 8.98 Å². The van der Waals surface area contributed by atoms with Gasteiger partial charge >= 0.3 is 0 Å². The van der Waals surface area contributed by atoms with Crippen LogP contribution in [0, 0.1) is 0 Å². The van der Waals surface area contributed by atoms with Gasteiger partial charge in [0.05, 0.1) is 11.1 Å². The van der Waals surface area contributed by atoms with Gasteiger partial charge in [0.15, 0.2) is 17.5 Å². The fourth-order valence-corrected chi connectivity index (χ4v) is 9.27. The van der Waals surface area contributed by atoms with Crippen LogP contribution >= 0.6 is 0 Å². The van der Waals surface area contributed by atoms with E-state index >= 15 is 0 Å². The molecule has 0 aliphatic carbocycles. The van der Waals surface area contributed by atoms with Crippen molar-refractivity contribution in [1.82, 2.24) is 19.5 Å². The lowest BCUT2D eigenvalue weighted by atomic mass is 9.57. The number of fused-ring (bicyclic) bond motifs is 6. The van der Waals surface area contributed by atoms with Crippen molar-refractivity contribution in [1.29, 1.82) is 0 Å². The quantitative estimate of drug-likeness (QED) is 0.197. The number of hydrogen-bond acceptors (Lipinski definition) is 4. The molecule has 17 heteroatoms. The molecule has 0 atom stereocenters. The van der Waals surface area contributed by atoms with Crippen molar-refractivity contribution in [3.8, 4) is 62.1 Å². The highest BCUT2D eigenvalue weighted by Crippen LogP contribution is 2.39. The first kappa shape index (κ1) is 43.7. The molecule has 0 saturated carbocycles. The maximum absolute atomic E-state index is 7.17. The molecule has 0 amide bonds. The van der Waals surface area contributed by atoms with Crippen molar-refractivity contribution in [2.75, 3.05) is 0 Å². The summed E-state index contributed by atoms with van der Waals surface area (Å²) in [5.74, 6) is 1.47. The topological polar surface area (TPSA) is 56.7 Å². The van der Waals surface area contributed by atoms with Crippen LogP contribution in [0.2, 0.25) is 0 Å². The molecule has 68 heavy (non-hydrogen) atoms. The van der Waals surface area contributed by atoms with Crippen molar-refractivity contribution in [2.45, 2.75) is 0 Å². The van der Waals surface area contributed by atoms with Gasteiger partial charge in [0.1, 0.15) is 105 Å². The predicted octanol–water partition coefficient (Wildman–Crippen LogP) is -1.27. The summed E-state index contributed by atoms with van der Waals surface area (Å²) >= 11 is 0. The van der Waals surface area contributed by atoms with Gasteiger partial charge in [0, 0.05) is 38.5 Å². The van der Waals surface area contributed by atoms with Crippen molar-refractivity contribution < 1.29 is 4.42 Å². The molecule has 0 saturated heterocycles. The molecule has 0 N–H and O–H groups in total. The second-order valence-corrected chi connectivity index (χ2v) is 16.6. The molecule has 5 nitrogen and oxygen atoms in total. The Kier molecular flexibility index (Phi) is 10.6. The Morgan fingerprint density at radius 1 is 0.324 bits per heavy atom. The zero-order chi connectivity index (χ0) is 47.4. The van der Waals surface area contributed by atoms with E-state index in [1.54, 1.807) is 0 Å². The van der Waals surface area contributed by atoms with E-state index < -0.39 is 0 Å². The largest absolute Gasteiger partial charge is 0.456 e. The molecule has 0 bridgehead atoms. The summed E-state index contributed by atoms with van der Waals surface area (Å²) < 4.78 is 8.47. The number of benzene rings is 8. The Balaban J connectivity index is 1.15. The van der Waals surface area contributed by atoms with Gasteiger partial charge in [0.2, 0.25) is 0 Å². The zero-order valence-corrected chi connectivity index (χ0v) is 36.2. The molecule has 286 valence electrons. The molecular weight excluding hydrogens is 814 g/mol. The molecule has 0 unspecified atom stereocenters. The van der Waals surface area contributed by atoms with E-state index in [4.69, 9.17) is 114 Å². The van der Waals surface area contributed by atoms with Crippen LogP contribution in [-0.2, 0) is 0 Å². The molecule has 11 aromatic rings. The fourth-order valence-electron chi connectivity index (χ4n) is 9.27. The molecule has 11 rings (SSSR count). The van der Waals surface area contributed by atoms with Crippen molar-refractivity contribution in [3.05, 3.63) is 121 Å². The van der Waals surface area contributed by atoms with Crippen LogP contribution in [-0.4, -0.2) is 114 Å². The summed E-state index contributed by atoms with van der Waals surface area (Å²) in [4.78, 5) is 15.0. The fraction of sp³-hybridized carbons (Fsp3) is 0. The molecule has 3 heterocycles. The predicted molar refractivity (Wildman–Crippen MR) is 293 cm³/mol. The lowest BCUT2D eigenvalue weighted by Gasteiger charge is -2.26. The van der Waals surface area contributed by atoms with Crippen molar-refractivity contribution in [3.63, 3.8) is 0 Å². The third-order valence-corrected chi connectivity index (χ3v) is 12.7. The lowest BCUT2D eigenvalue weighted by molar-refractivity contribution is 0.669. The van der Waals surface area contributed by atoms with Crippen molar-refractivity contribution >= 4 is 203 Å². The maximum Gasteiger partial charge on any atom is 0.164 e. The SMILES string of the molecule is [B]c1c([B])c([B])c(-c2c([B])c([B])c3c(c2[B])c2c([B])c([B])c([B])c([B])c2n3-c2cccc3oc4cc(-c5nc(-c6ccccc6)nc(-c6cccc(-c7ccccc7)c6)n5)ccc4c23)c([B])c1[B]. The Hall–Kier alpha value is -6.85. The number of nitrogens with zero attached hydrogens (tertiary/aromatic N) is 4. The third-order valence-electron chi connectivity index (χ3n) is 12.7. The van der Waals surface area contributed by atoms with Crippen LogP contribution < -0.4 is 65.6 Å². The van der Waals surface area contributed by atoms with Crippen molar-refractivity contribution in [2.24, 2.45) is 0 Å². The Bertz CT molecular complexity index is 3920. The number of hydrogen-bond donors (Lipinski definition) is 0. The summed E-state index contributed by atoms with van der Waals surface area (Å²) in [5, 5.41) is 2.12. The maximum atomic E-state index is 7.17. The number of rotatable bonds is 6. The Morgan fingerprint density at radius 3 is 1.43 bits per heavy atom. The highest BCUT2D eigenvalue weighted by Gasteiger charge is 2.27. The van der Waals surface area contributed by atoms with Gasteiger partial charge in [-0.1, -0.05) is 129 Å². The minimum absolute atomic E-state index is 0.00211. The van der Waals surface area contributed by atoms with E-state index in [1.807, 2.05) is 102 Å². The minimum Gasteiger partial charge on any atom is -0.456 e. The van der Waals surface area contributed by atoms with Crippen LogP contribution in [0.4, 0.5) is 0 Å². The standard InChI is InChI=1S/C51H20B12N4O/c52-35-31(32-36(53)40(57)43(60)41(58)37(32)54)38(55)45(62)47-33(35)34-39(56)42(59)44(61)46(63)48(34)67(47)27-15-8-16-28-30(27)26-18-17-25(20-29(26)68-28)51-65-49(22-11-5-2-6-12-22)64-50(66-51)24-14-7-13-23(19-24)21-9-3-1-4-10-21/h1-20H. The average Bonchev–Trinajstić information content (AvgIpc) is 3.94. The summed E-state index contributed by atoms with van der Waals surface area (Å²) in [6.07, 6.45) is 0. The van der Waals surface area contributed by atoms with E-state index in [0.29, 0.717) is 67.1 Å². The van der Waals surface area contributed by atoms with Gasteiger partial charge in [0.25, 0.3) is 0 Å². The summed E-state index contributed by atoms with van der Waals surface area (Å²) in [6.45, 7) is 0. The molecule has 0 fully saturated rings. The molecule has 8 aromatic carbocycles. The van der Waals surface area contributed by atoms with E-state index in [0.717, 1.165) is 27.6 Å². The first-order valence-electron chi connectivity index (χ1n) is 21.3. The summed E-state index contributed by atoms with van der Waals surface area (Å²) in [5.41, 5.74) is 7.62. The zero-order valence-electron chi connectivity index (χ0n) is 36.2. The highest BCUT2D eigenvalue weighted by atomic mass is 16.3. The van der Waals surface area contributed by atoms with Gasteiger partial charge in [-0.3, -0.25) is 0 Å². The van der Waals surface area contributed by atoms with Crippen LogP contribution in [0.1, 0.15) is 0 Å². The van der Waals surface area contributed by atoms with Gasteiger partial charge in [-0.15, -0.1) is 27.3 Å².